The van der Waals surface area contributed by atoms with Crippen molar-refractivity contribution in [2.24, 2.45) is 0 Å². The molecule has 0 radical (unpaired) electrons. The van der Waals surface area contributed by atoms with E-state index in [4.69, 9.17) is 9.47 Å². The van der Waals surface area contributed by atoms with E-state index in [0.717, 1.165) is 0 Å². The van der Waals surface area contributed by atoms with E-state index in [1.54, 1.807) is 44.2 Å². The Kier molecular flexibility index (Phi) is 6.26. The van der Waals surface area contributed by atoms with Crippen LogP contribution in [0.1, 0.15) is 29.8 Å². The van der Waals surface area contributed by atoms with Gasteiger partial charge in [0.05, 0.1) is 29.4 Å². The summed E-state index contributed by atoms with van der Waals surface area (Å²) >= 11 is 0. The molecule has 0 aliphatic heterocycles. The van der Waals surface area contributed by atoms with Gasteiger partial charge in [-0.2, -0.15) is 0 Å². The Balaban J connectivity index is 2.36. The highest BCUT2D eigenvalue weighted by atomic mass is 32.2. The van der Waals surface area contributed by atoms with E-state index in [2.05, 4.69) is 0 Å². The first-order valence-electron chi connectivity index (χ1n) is 8.30. The van der Waals surface area contributed by atoms with Gasteiger partial charge in [0.25, 0.3) is 10.0 Å². The van der Waals surface area contributed by atoms with Gasteiger partial charge in [-0.25, -0.2) is 13.2 Å². The number of hydrogen-bond donors (Lipinski definition) is 0. The Morgan fingerprint density at radius 2 is 1.69 bits per heavy atom. The zero-order chi connectivity index (χ0) is 19.3. The van der Waals surface area contributed by atoms with Crippen LogP contribution in [0.4, 0.5) is 5.69 Å². The van der Waals surface area contributed by atoms with Crippen molar-refractivity contribution in [3.05, 3.63) is 53.6 Å². The third-order valence-corrected chi connectivity index (χ3v) is 5.66. The summed E-state index contributed by atoms with van der Waals surface area (Å²) < 4.78 is 37.4. The van der Waals surface area contributed by atoms with Crippen molar-refractivity contribution >= 4 is 21.7 Å². The first-order chi connectivity index (χ1) is 12.3. The number of carbonyl (C=O) groups is 1. The molecule has 0 bridgehead atoms. The maximum Gasteiger partial charge on any atom is 0.338 e. The Labute approximate surface area is 154 Å². The van der Waals surface area contributed by atoms with Crippen LogP contribution in [0, 0.1) is 6.92 Å². The van der Waals surface area contributed by atoms with E-state index >= 15 is 0 Å². The largest absolute Gasteiger partial charge is 0.494 e. The van der Waals surface area contributed by atoms with E-state index < -0.39 is 16.0 Å². The van der Waals surface area contributed by atoms with Crippen molar-refractivity contribution in [3.63, 3.8) is 0 Å². The van der Waals surface area contributed by atoms with Crippen molar-refractivity contribution in [2.45, 2.75) is 25.7 Å². The van der Waals surface area contributed by atoms with Gasteiger partial charge in [0.1, 0.15) is 5.75 Å². The summed E-state index contributed by atoms with van der Waals surface area (Å²) in [6, 6.07) is 11.2. The van der Waals surface area contributed by atoms with Gasteiger partial charge in [0, 0.05) is 7.05 Å². The van der Waals surface area contributed by atoms with Crippen LogP contribution in [0.3, 0.4) is 0 Å². The van der Waals surface area contributed by atoms with E-state index in [1.807, 2.05) is 6.92 Å². The van der Waals surface area contributed by atoms with E-state index in [0.29, 0.717) is 23.6 Å². The minimum Gasteiger partial charge on any atom is -0.494 e. The van der Waals surface area contributed by atoms with Crippen LogP contribution in [0.2, 0.25) is 0 Å². The van der Waals surface area contributed by atoms with E-state index in [1.165, 1.54) is 23.5 Å². The third kappa shape index (κ3) is 4.16. The normalized spacial score (nSPS) is 11.1. The predicted octanol–water partition coefficient (Wildman–Crippen LogP) is 3.40. The van der Waals surface area contributed by atoms with Crippen molar-refractivity contribution in [1.82, 2.24) is 0 Å². The van der Waals surface area contributed by atoms with E-state index in [-0.39, 0.29) is 17.1 Å². The molecule has 0 aliphatic carbocycles. The standard InChI is InChI=1S/C19H23NO5S/c1-5-24-16-10-8-15(9-11-16)20(4)26(22,23)17-12-7-14(3)18(13-17)19(21)25-6-2/h7-13H,5-6H2,1-4H3. The molecule has 0 N–H and O–H groups in total. The number of aryl methyl sites for hydroxylation is 1. The molecule has 0 aliphatic rings. The summed E-state index contributed by atoms with van der Waals surface area (Å²) in [4.78, 5) is 12.1. The SMILES string of the molecule is CCOC(=O)c1cc(S(=O)(=O)N(C)c2ccc(OCC)cc2)ccc1C. The third-order valence-electron chi connectivity index (χ3n) is 3.87. The second-order valence-corrected chi connectivity index (χ2v) is 7.57. The molecule has 140 valence electrons. The van der Waals surface area contributed by atoms with Gasteiger partial charge >= 0.3 is 5.97 Å². The summed E-state index contributed by atoms with van der Waals surface area (Å²) in [6.07, 6.45) is 0. The van der Waals surface area contributed by atoms with Crippen molar-refractivity contribution < 1.29 is 22.7 Å². The number of sulfonamides is 1. The summed E-state index contributed by atoms with van der Waals surface area (Å²) in [7, 11) is -2.35. The summed E-state index contributed by atoms with van der Waals surface area (Å²) in [5.74, 6) is 0.132. The molecule has 0 unspecified atom stereocenters. The van der Waals surface area contributed by atoms with Gasteiger partial charge in [0.15, 0.2) is 0 Å². The van der Waals surface area contributed by atoms with Crippen LogP contribution in [0.5, 0.6) is 5.75 Å². The highest BCUT2D eigenvalue weighted by Crippen LogP contribution is 2.26. The van der Waals surface area contributed by atoms with Crippen molar-refractivity contribution in [2.75, 3.05) is 24.6 Å². The molecule has 0 spiro atoms. The fraction of sp³-hybridized carbons (Fsp3) is 0.316. The minimum absolute atomic E-state index is 0.0301. The summed E-state index contributed by atoms with van der Waals surface area (Å²) in [5.41, 5.74) is 1.39. The highest BCUT2D eigenvalue weighted by Gasteiger charge is 2.23. The van der Waals surface area contributed by atoms with Crippen molar-refractivity contribution in [3.8, 4) is 5.75 Å². The number of carbonyl (C=O) groups excluding carboxylic acids is 1. The molecule has 26 heavy (non-hydrogen) atoms. The molecule has 2 rings (SSSR count). The van der Waals surface area contributed by atoms with Gasteiger partial charge in [-0.3, -0.25) is 4.31 Å². The van der Waals surface area contributed by atoms with Gasteiger partial charge < -0.3 is 9.47 Å². The number of rotatable bonds is 7. The number of ether oxygens (including phenoxy) is 2. The Morgan fingerprint density at radius 3 is 2.27 bits per heavy atom. The summed E-state index contributed by atoms with van der Waals surface area (Å²) in [6.45, 7) is 6.07. The molecule has 0 aromatic heterocycles. The Morgan fingerprint density at radius 1 is 1.04 bits per heavy atom. The fourth-order valence-corrected chi connectivity index (χ4v) is 3.63. The Hall–Kier alpha value is -2.54. The topological polar surface area (TPSA) is 72.9 Å². The lowest BCUT2D eigenvalue weighted by atomic mass is 10.1. The smallest absolute Gasteiger partial charge is 0.338 e. The van der Waals surface area contributed by atoms with Crippen LogP contribution >= 0.6 is 0 Å². The van der Waals surface area contributed by atoms with Crippen LogP contribution in [0.25, 0.3) is 0 Å². The lowest BCUT2D eigenvalue weighted by Gasteiger charge is -2.20. The predicted molar refractivity (Wildman–Crippen MR) is 100 cm³/mol. The van der Waals surface area contributed by atoms with Crippen LogP contribution < -0.4 is 9.04 Å². The zero-order valence-electron chi connectivity index (χ0n) is 15.4. The molecule has 0 fully saturated rings. The lowest BCUT2D eigenvalue weighted by Crippen LogP contribution is -2.26. The van der Waals surface area contributed by atoms with E-state index in [9.17, 15) is 13.2 Å². The first kappa shape index (κ1) is 19.8. The quantitative estimate of drug-likeness (QED) is 0.692. The molecular weight excluding hydrogens is 354 g/mol. The Bertz CT molecular complexity index is 875. The maximum atomic E-state index is 12.9. The molecule has 0 atom stereocenters. The van der Waals surface area contributed by atoms with Gasteiger partial charge in [-0.15, -0.1) is 0 Å². The molecule has 0 saturated heterocycles. The van der Waals surface area contributed by atoms with Gasteiger partial charge in [-0.05, 0) is 62.7 Å². The second-order valence-electron chi connectivity index (χ2n) is 5.60. The molecule has 0 heterocycles. The lowest BCUT2D eigenvalue weighted by molar-refractivity contribution is 0.0525. The molecule has 7 heteroatoms. The van der Waals surface area contributed by atoms with Crippen molar-refractivity contribution in [1.29, 1.82) is 0 Å². The number of anilines is 1. The maximum absolute atomic E-state index is 12.9. The molecule has 6 nitrogen and oxygen atoms in total. The first-order valence-corrected chi connectivity index (χ1v) is 9.74. The fourth-order valence-electron chi connectivity index (χ4n) is 2.41. The monoisotopic (exact) mass is 377 g/mol. The van der Waals surface area contributed by atoms with Gasteiger partial charge in [0.2, 0.25) is 0 Å². The van der Waals surface area contributed by atoms with Crippen LogP contribution in [-0.2, 0) is 14.8 Å². The van der Waals surface area contributed by atoms with Crippen LogP contribution in [0.15, 0.2) is 47.4 Å². The summed E-state index contributed by atoms with van der Waals surface area (Å²) in [5, 5.41) is 0. The molecule has 0 amide bonds. The molecule has 0 saturated carbocycles. The number of hydrogen-bond acceptors (Lipinski definition) is 5. The minimum atomic E-state index is -3.82. The number of esters is 1. The number of nitrogens with zero attached hydrogens (tertiary/aromatic N) is 1. The second kappa shape index (κ2) is 8.23. The van der Waals surface area contributed by atoms with Gasteiger partial charge in [-0.1, -0.05) is 6.07 Å². The molecular formula is C19H23NO5S. The molecule has 2 aromatic rings. The highest BCUT2D eigenvalue weighted by molar-refractivity contribution is 7.92. The average molecular weight is 377 g/mol. The number of benzene rings is 2. The van der Waals surface area contributed by atoms with Crippen LogP contribution in [-0.4, -0.2) is 34.6 Å². The molecule has 2 aromatic carbocycles. The average Bonchev–Trinajstić information content (AvgIpc) is 2.62. The zero-order valence-corrected chi connectivity index (χ0v) is 16.2.